The van der Waals surface area contributed by atoms with Gasteiger partial charge in [-0.3, -0.25) is 4.90 Å². The average Bonchev–Trinajstić information content (AvgIpc) is 2.86. The van der Waals surface area contributed by atoms with E-state index in [0.717, 1.165) is 17.8 Å². The minimum absolute atomic E-state index is 0.652. The Bertz CT molecular complexity index is 257. The monoisotopic (exact) mass is 267 g/mol. The average molecular weight is 267 g/mol. The number of hydrogen-bond acceptors (Lipinski definition) is 3. The molecular weight excluding hydrogens is 234 g/mol. The first-order valence-electron chi connectivity index (χ1n) is 8.26. The van der Waals surface area contributed by atoms with E-state index in [2.05, 4.69) is 42.8 Å². The fourth-order valence-corrected chi connectivity index (χ4v) is 3.27. The molecule has 19 heavy (non-hydrogen) atoms. The van der Waals surface area contributed by atoms with E-state index in [1.807, 2.05) is 0 Å². The topological polar surface area (TPSA) is 18.5 Å². The van der Waals surface area contributed by atoms with Gasteiger partial charge < -0.3 is 10.2 Å². The first-order chi connectivity index (χ1) is 9.06. The summed E-state index contributed by atoms with van der Waals surface area (Å²) in [6.07, 6.45) is 3.35. The Hall–Kier alpha value is -0.120. The molecule has 0 amide bonds. The van der Waals surface area contributed by atoms with Crippen LogP contribution in [0.25, 0.3) is 0 Å². The van der Waals surface area contributed by atoms with Gasteiger partial charge >= 0.3 is 0 Å². The van der Waals surface area contributed by atoms with Crippen LogP contribution in [0, 0.1) is 17.8 Å². The van der Waals surface area contributed by atoms with E-state index >= 15 is 0 Å². The van der Waals surface area contributed by atoms with Crippen molar-refractivity contribution >= 4 is 0 Å². The molecule has 2 aliphatic heterocycles. The summed E-state index contributed by atoms with van der Waals surface area (Å²) in [6, 6.07) is 0. The molecule has 1 N–H and O–H groups in total. The van der Waals surface area contributed by atoms with Gasteiger partial charge in [0.25, 0.3) is 0 Å². The molecule has 112 valence electrons. The summed E-state index contributed by atoms with van der Waals surface area (Å²) in [4.78, 5) is 5.32. The zero-order valence-corrected chi connectivity index (χ0v) is 13.4. The molecule has 2 rings (SSSR count). The first-order valence-corrected chi connectivity index (χ1v) is 8.26. The van der Waals surface area contributed by atoms with Crippen molar-refractivity contribution in [1.82, 2.24) is 15.1 Å². The maximum atomic E-state index is 3.73. The summed E-state index contributed by atoms with van der Waals surface area (Å²) in [5.74, 6) is 2.54. The molecule has 2 atom stereocenters. The maximum Gasteiger partial charge on any atom is 0.0601 e. The smallest absolute Gasteiger partial charge is 0.0601 e. The molecule has 0 saturated carbocycles. The van der Waals surface area contributed by atoms with E-state index < -0.39 is 0 Å². The third kappa shape index (κ3) is 4.44. The largest absolute Gasteiger partial charge is 0.301 e. The van der Waals surface area contributed by atoms with E-state index in [1.54, 1.807) is 0 Å². The molecule has 2 aliphatic rings. The van der Waals surface area contributed by atoms with Crippen molar-refractivity contribution in [3.05, 3.63) is 0 Å². The molecule has 0 aromatic rings. The Morgan fingerprint density at radius 3 is 2.26 bits per heavy atom. The fourth-order valence-electron chi connectivity index (χ4n) is 3.27. The van der Waals surface area contributed by atoms with Crippen LogP contribution < -0.4 is 5.32 Å². The maximum absolute atomic E-state index is 3.73. The Balaban J connectivity index is 1.69. The van der Waals surface area contributed by atoms with Gasteiger partial charge in [0, 0.05) is 26.2 Å². The normalized spacial score (nSPS) is 30.6. The summed E-state index contributed by atoms with van der Waals surface area (Å²) in [6.45, 7) is 16.9. The molecule has 3 nitrogen and oxygen atoms in total. The summed E-state index contributed by atoms with van der Waals surface area (Å²) in [7, 11) is 0. The van der Waals surface area contributed by atoms with Crippen LogP contribution in [-0.4, -0.2) is 55.2 Å². The van der Waals surface area contributed by atoms with Crippen LogP contribution in [0.2, 0.25) is 0 Å². The molecule has 0 radical (unpaired) electrons. The molecule has 0 aromatic carbocycles. The molecular formula is C16H33N3. The molecule has 2 saturated heterocycles. The molecule has 2 fully saturated rings. The molecule has 0 aromatic heterocycles. The Morgan fingerprint density at radius 2 is 1.74 bits per heavy atom. The minimum Gasteiger partial charge on any atom is -0.301 e. The van der Waals surface area contributed by atoms with Gasteiger partial charge in [0.15, 0.2) is 0 Å². The number of piperazine rings is 1. The molecule has 3 heteroatoms. The van der Waals surface area contributed by atoms with Crippen LogP contribution in [0.1, 0.15) is 40.5 Å². The number of nitrogens with one attached hydrogen (secondary N) is 1. The number of hydrogen-bond donors (Lipinski definition) is 1. The summed E-state index contributed by atoms with van der Waals surface area (Å²) in [5, 5.41) is 3.73. The standard InChI is InChI=1S/C16H33N3/c1-13(2)5-6-18-7-9-19(10-8-18)16-11-15(12-17-16)14(3)4/h13-17H,5-12H2,1-4H3. The van der Waals surface area contributed by atoms with Crippen molar-refractivity contribution in [2.45, 2.75) is 46.7 Å². The Morgan fingerprint density at radius 1 is 1.05 bits per heavy atom. The van der Waals surface area contributed by atoms with Crippen LogP contribution >= 0.6 is 0 Å². The van der Waals surface area contributed by atoms with Crippen LogP contribution in [0.5, 0.6) is 0 Å². The highest BCUT2D eigenvalue weighted by Gasteiger charge is 2.31. The van der Waals surface area contributed by atoms with Crippen LogP contribution in [0.15, 0.2) is 0 Å². The quantitative estimate of drug-likeness (QED) is 0.824. The molecule has 0 spiro atoms. The fraction of sp³-hybridized carbons (Fsp3) is 1.00. The molecule has 0 bridgehead atoms. The second-order valence-corrected chi connectivity index (χ2v) is 7.22. The van der Waals surface area contributed by atoms with Crippen molar-refractivity contribution < 1.29 is 0 Å². The number of nitrogens with zero attached hydrogens (tertiary/aromatic N) is 2. The van der Waals surface area contributed by atoms with Crippen molar-refractivity contribution in [2.24, 2.45) is 17.8 Å². The van der Waals surface area contributed by atoms with Gasteiger partial charge in [-0.2, -0.15) is 0 Å². The predicted molar refractivity (Wildman–Crippen MR) is 82.2 cm³/mol. The van der Waals surface area contributed by atoms with Gasteiger partial charge in [-0.15, -0.1) is 0 Å². The lowest BCUT2D eigenvalue weighted by Crippen LogP contribution is -2.53. The van der Waals surface area contributed by atoms with E-state index in [0.29, 0.717) is 6.17 Å². The van der Waals surface area contributed by atoms with Gasteiger partial charge in [0.05, 0.1) is 6.17 Å². The zero-order valence-electron chi connectivity index (χ0n) is 13.4. The predicted octanol–water partition coefficient (Wildman–Crippen LogP) is 2.24. The van der Waals surface area contributed by atoms with Crippen LogP contribution in [0.4, 0.5) is 0 Å². The minimum atomic E-state index is 0.652. The molecule has 2 unspecified atom stereocenters. The van der Waals surface area contributed by atoms with Gasteiger partial charge in [-0.05, 0) is 43.7 Å². The summed E-state index contributed by atoms with van der Waals surface area (Å²) in [5.41, 5.74) is 0. The van der Waals surface area contributed by atoms with Gasteiger partial charge in [0.2, 0.25) is 0 Å². The number of rotatable bonds is 5. The SMILES string of the molecule is CC(C)CCN1CCN(C2CC(C(C)C)CN2)CC1. The second kappa shape index (κ2) is 7.05. The lowest BCUT2D eigenvalue weighted by Gasteiger charge is -2.38. The van der Waals surface area contributed by atoms with Crippen molar-refractivity contribution in [3.63, 3.8) is 0 Å². The summed E-state index contributed by atoms with van der Waals surface area (Å²) >= 11 is 0. The Labute approximate surface area is 119 Å². The highest BCUT2D eigenvalue weighted by atomic mass is 15.3. The van der Waals surface area contributed by atoms with Crippen LogP contribution in [0.3, 0.4) is 0 Å². The lowest BCUT2D eigenvalue weighted by atomic mass is 9.94. The van der Waals surface area contributed by atoms with E-state index in [1.165, 1.54) is 52.1 Å². The van der Waals surface area contributed by atoms with Crippen LogP contribution in [-0.2, 0) is 0 Å². The van der Waals surface area contributed by atoms with E-state index in [4.69, 9.17) is 0 Å². The van der Waals surface area contributed by atoms with Gasteiger partial charge in [-0.25, -0.2) is 0 Å². The summed E-state index contributed by atoms with van der Waals surface area (Å²) < 4.78 is 0. The van der Waals surface area contributed by atoms with Gasteiger partial charge in [0.1, 0.15) is 0 Å². The van der Waals surface area contributed by atoms with Crippen molar-refractivity contribution in [1.29, 1.82) is 0 Å². The Kier molecular flexibility index (Phi) is 5.67. The molecule has 2 heterocycles. The zero-order chi connectivity index (χ0) is 13.8. The highest BCUT2D eigenvalue weighted by Crippen LogP contribution is 2.24. The van der Waals surface area contributed by atoms with Crippen molar-refractivity contribution in [2.75, 3.05) is 39.3 Å². The van der Waals surface area contributed by atoms with E-state index in [9.17, 15) is 0 Å². The third-order valence-corrected chi connectivity index (χ3v) is 4.95. The van der Waals surface area contributed by atoms with Crippen molar-refractivity contribution in [3.8, 4) is 0 Å². The highest BCUT2D eigenvalue weighted by molar-refractivity contribution is 4.86. The third-order valence-electron chi connectivity index (χ3n) is 4.95. The van der Waals surface area contributed by atoms with E-state index in [-0.39, 0.29) is 0 Å². The second-order valence-electron chi connectivity index (χ2n) is 7.22. The van der Waals surface area contributed by atoms with Gasteiger partial charge in [-0.1, -0.05) is 27.7 Å². The lowest BCUT2D eigenvalue weighted by molar-refractivity contribution is 0.0847. The molecule has 0 aliphatic carbocycles. The first kappa shape index (κ1) is 15.3.